The van der Waals surface area contributed by atoms with Crippen molar-refractivity contribution in [1.29, 1.82) is 0 Å². The van der Waals surface area contributed by atoms with Gasteiger partial charge in [-0.25, -0.2) is 29.6 Å². The van der Waals surface area contributed by atoms with Crippen LogP contribution >= 0.6 is 11.6 Å². The van der Waals surface area contributed by atoms with Crippen LogP contribution < -0.4 is 35.4 Å². The lowest BCUT2D eigenvalue weighted by Crippen LogP contribution is -2.35. The molecular formula is C90H98ClF4N13O12S3. The van der Waals surface area contributed by atoms with Gasteiger partial charge in [0.05, 0.1) is 64.4 Å². The Kier molecular flexibility index (Phi) is 30.2. The number of Topliss-reactive ketones (excluding diaryl/α,β-unsaturated/α-hetero) is 2. The van der Waals surface area contributed by atoms with Crippen molar-refractivity contribution in [3.63, 3.8) is 0 Å². The summed E-state index contributed by atoms with van der Waals surface area (Å²) in [5.41, 5.74) is 23.2. The minimum Gasteiger partial charge on any atom is -0.419 e. The van der Waals surface area contributed by atoms with Crippen molar-refractivity contribution in [3.05, 3.63) is 303 Å². The molecule has 0 fully saturated rings. The van der Waals surface area contributed by atoms with Gasteiger partial charge in [0.15, 0.2) is 11.6 Å². The van der Waals surface area contributed by atoms with Gasteiger partial charge in [-0.2, -0.15) is 13.2 Å². The summed E-state index contributed by atoms with van der Waals surface area (Å²) in [7, 11) is -11.1. The Morgan fingerprint density at radius 3 is 1.17 bits per heavy atom. The van der Waals surface area contributed by atoms with Crippen LogP contribution in [0, 0.1) is 5.82 Å². The first-order valence-corrected chi connectivity index (χ1v) is 45.3. The molecule has 1 amide bonds. The van der Waals surface area contributed by atoms with Crippen molar-refractivity contribution in [1.82, 2.24) is 35.9 Å². The summed E-state index contributed by atoms with van der Waals surface area (Å²) < 4.78 is 152. The zero-order valence-corrected chi connectivity index (χ0v) is 72.9. The fourth-order valence-electron chi connectivity index (χ4n) is 13.8. The Hall–Kier alpha value is -11.7. The van der Waals surface area contributed by atoms with Gasteiger partial charge in [0.2, 0.25) is 65.4 Å². The number of amides is 1. The van der Waals surface area contributed by atoms with E-state index in [2.05, 4.69) is 35.9 Å². The number of sulfonamides is 3. The number of hydrogen-bond acceptors (Lipinski definition) is 21. The van der Waals surface area contributed by atoms with Gasteiger partial charge >= 0.3 is 6.18 Å². The van der Waals surface area contributed by atoms with E-state index in [1.54, 1.807) is 89.2 Å². The topological polar surface area (TPSA) is 370 Å². The minimum absolute atomic E-state index is 0.0120. The predicted molar refractivity (Wildman–Crippen MR) is 468 cm³/mol. The highest BCUT2D eigenvalue weighted by molar-refractivity contribution is 7.92. The molecule has 0 spiro atoms. The molecule has 0 radical (unpaired) electrons. The molecule has 0 aliphatic carbocycles. The van der Waals surface area contributed by atoms with Crippen LogP contribution in [0.1, 0.15) is 175 Å². The second-order valence-corrected chi connectivity index (χ2v) is 37.1. The van der Waals surface area contributed by atoms with Crippen LogP contribution in [0.25, 0.3) is 34.4 Å². The van der Waals surface area contributed by atoms with Crippen LogP contribution in [-0.4, -0.2) is 118 Å². The number of nitrogens with two attached hydrogens (primary N) is 3. The van der Waals surface area contributed by atoms with Gasteiger partial charge in [0.1, 0.15) is 5.82 Å². The Bertz CT molecular complexity index is 6010. The summed E-state index contributed by atoms with van der Waals surface area (Å²) in [6, 6.07) is 62.3. The molecular weight excluding hydrogens is 1660 g/mol. The number of aromatic nitrogens is 6. The fourth-order valence-corrected chi connectivity index (χ4v) is 17.0. The van der Waals surface area contributed by atoms with Crippen LogP contribution in [0.3, 0.4) is 0 Å². The van der Waals surface area contributed by atoms with E-state index in [9.17, 15) is 57.2 Å². The number of rotatable bonds is 33. The van der Waals surface area contributed by atoms with Gasteiger partial charge in [0.25, 0.3) is 5.91 Å². The van der Waals surface area contributed by atoms with Gasteiger partial charge in [-0.3, -0.25) is 27.3 Å². The largest absolute Gasteiger partial charge is 0.419 e. The molecule has 9 aromatic carbocycles. The number of nitrogens with zero attached hydrogens (tertiary/aromatic N) is 9. The molecule has 33 heteroatoms. The standard InChI is InChI=1S/C30H33ClN4O4S.C30H31F3N4O4S.C30H34FN5O4S/c1-5-35(40(4,37)38)26-17-23(27(36)14-20(2)22-12-9-13-25(31)16-22)15-24(18-26)28-33-34-29(39-28)30(3,32)19-21-10-7-6-8-11-21;1-4-37(42(3,39)40)24-16-22(26(38)18-25(30(31,32)33)21-13-9-6-10-14-21)15-23(17-24)27-35-36-28(41-27)29(2,34)19-20-11-7-5-8-12-20;1-5-15-36(41(4,38)39)26-17-23(27(37)33-20(2)22-11-13-25(31)14-12-22)16-24(18-26)28-34-35-29(40-28)30(3,32)19-21-9-7-6-8-10-21/h6-13,15-18,20H,5,14,19,32H2,1-4H3;5-17,25H,4,18-19,34H2,1-3H3;6-14,16-18,20H,5,15,19,32H2,1-4H3,(H,33,37)/t20-,30+;25?,29-;20-,30-/m011/s1. The van der Waals surface area contributed by atoms with E-state index in [0.29, 0.717) is 58.6 Å². The lowest BCUT2D eigenvalue weighted by atomic mass is 9.90. The molecule has 123 heavy (non-hydrogen) atoms. The number of ketones is 2. The number of carbonyl (C=O) groups is 3. The van der Waals surface area contributed by atoms with Gasteiger partial charge in [-0.05, 0) is 185 Å². The first kappa shape index (κ1) is 93.6. The van der Waals surface area contributed by atoms with Crippen molar-refractivity contribution < 1.29 is 70.5 Å². The molecule has 7 N–H and O–H groups in total. The lowest BCUT2D eigenvalue weighted by molar-refractivity contribution is -0.149. The normalized spacial score (nSPS) is 14.0. The highest BCUT2D eigenvalue weighted by Gasteiger charge is 2.43. The Morgan fingerprint density at radius 2 is 0.805 bits per heavy atom. The zero-order chi connectivity index (χ0) is 89.6. The minimum atomic E-state index is -4.69. The molecule has 0 bridgehead atoms. The quantitative estimate of drug-likeness (QED) is 0.0219. The average molecular weight is 1760 g/mol. The van der Waals surface area contributed by atoms with E-state index in [1.165, 1.54) is 69.3 Å². The number of carbonyl (C=O) groups excluding carboxylic acids is 3. The summed E-state index contributed by atoms with van der Waals surface area (Å²) in [6.07, 6.45) is -0.304. The van der Waals surface area contributed by atoms with Crippen LogP contribution in [0.2, 0.25) is 5.02 Å². The fraction of sp³-hybridized carbons (Fsp3) is 0.300. The molecule has 0 aliphatic rings. The number of nitrogens with one attached hydrogen (secondary N) is 1. The van der Waals surface area contributed by atoms with Gasteiger partial charge in [-0.15, -0.1) is 30.6 Å². The SMILES string of the molecule is CCCN(c1cc(C(=O)N[C@H](C)c2ccc(F)cc2)cc(-c2nnc([C@](C)(N)Cc3ccccc3)o2)c1)S(C)(=O)=O.CCN(c1cc(C(=O)CC(c2ccccc2)C(F)(F)F)cc(-c2nnc([C@](C)(N)Cc3ccccc3)o2)c1)S(C)(=O)=O.CCN(c1cc(C(=O)C[C@H](C)c2cccc(Cl)c2)cc(-c2nnc([C@](C)(N)Cc3ccccc3)o2)c1)S(C)(=O)=O. The smallest absolute Gasteiger partial charge is 0.396 e. The van der Waals surface area contributed by atoms with Crippen LogP contribution in [-0.2, 0) is 65.9 Å². The monoisotopic (exact) mass is 1760 g/mol. The zero-order valence-electron chi connectivity index (χ0n) is 69.7. The van der Waals surface area contributed by atoms with Crippen LogP contribution in [0.15, 0.2) is 238 Å². The molecule has 3 aromatic heterocycles. The highest BCUT2D eigenvalue weighted by atomic mass is 35.5. The molecule has 12 rings (SSSR count). The van der Waals surface area contributed by atoms with Crippen molar-refractivity contribution in [2.75, 3.05) is 51.3 Å². The van der Waals surface area contributed by atoms with E-state index in [-0.39, 0.29) is 113 Å². The molecule has 1 unspecified atom stereocenters. The molecule has 12 aromatic rings. The third-order valence-corrected chi connectivity index (χ3v) is 24.0. The van der Waals surface area contributed by atoms with Crippen molar-refractivity contribution in [2.24, 2.45) is 17.2 Å². The molecule has 3 heterocycles. The second-order valence-electron chi connectivity index (χ2n) is 30.9. The summed E-state index contributed by atoms with van der Waals surface area (Å²) in [5.74, 6) is -3.29. The number of hydrogen-bond donors (Lipinski definition) is 4. The molecule has 0 saturated carbocycles. The van der Waals surface area contributed by atoms with Crippen molar-refractivity contribution >= 4 is 76.2 Å². The van der Waals surface area contributed by atoms with Gasteiger partial charge < -0.3 is 35.8 Å². The molecule has 25 nitrogen and oxygen atoms in total. The van der Waals surface area contributed by atoms with Gasteiger partial charge in [-0.1, -0.05) is 171 Å². The number of benzene rings is 9. The lowest BCUT2D eigenvalue weighted by Gasteiger charge is -2.23. The number of halogens is 5. The van der Waals surface area contributed by atoms with E-state index < -0.39 is 82.9 Å². The summed E-state index contributed by atoms with van der Waals surface area (Å²) in [4.78, 5) is 40.3. The maximum absolute atomic E-state index is 14.0. The predicted octanol–water partition coefficient (Wildman–Crippen LogP) is 16.8. The Balaban J connectivity index is 0.000000193. The third-order valence-electron chi connectivity index (χ3n) is 20.1. The second kappa shape index (κ2) is 39.7. The summed E-state index contributed by atoms with van der Waals surface area (Å²) in [6.45, 7) is 14.6. The first-order valence-electron chi connectivity index (χ1n) is 39.3. The maximum atomic E-state index is 14.0. The van der Waals surface area contributed by atoms with Crippen LogP contribution in [0.5, 0.6) is 0 Å². The maximum Gasteiger partial charge on any atom is 0.396 e. The van der Waals surface area contributed by atoms with Crippen molar-refractivity contribution in [3.8, 4) is 34.4 Å². The van der Waals surface area contributed by atoms with E-state index >= 15 is 0 Å². The average Bonchev–Trinajstić information content (AvgIpc) is 1.74. The molecule has 0 aliphatic heterocycles. The van der Waals surface area contributed by atoms with Crippen molar-refractivity contribution in [2.45, 2.75) is 135 Å². The van der Waals surface area contributed by atoms with E-state index in [1.807, 2.05) is 130 Å². The summed E-state index contributed by atoms with van der Waals surface area (Å²) >= 11 is 6.15. The van der Waals surface area contributed by atoms with E-state index in [0.717, 1.165) is 45.3 Å². The number of alkyl halides is 3. The molecule has 6 atom stereocenters. The molecule has 648 valence electrons. The van der Waals surface area contributed by atoms with Gasteiger partial charge in [0, 0.05) is 70.9 Å². The van der Waals surface area contributed by atoms with E-state index in [4.69, 9.17) is 42.1 Å². The molecule has 0 saturated heterocycles. The number of anilines is 3. The van der Waals surface area contributed by atoms with Crippen LogP contribution in [0.4, 0.5) is 34.6 Å². The third kappa shape index (κ3) is 25.1. The first-order chi connectivity index (χ1) is 57.9. The Labute approximate surface area is 718 Å². The summed E-state index contributed by atoms with van der Waals surface area (Å²) in [5, 5.41) is 28.4. The highest BCUT2D eigenvalue weighted by Crippen LogP contribution is 2.41. The Morgan fingerprint density at radius 1 is 0.447 bits per heavy atom.